The predicted octanol–water partition coefficient (Wildman–Crippen LogP) is 0.947. The van der Waals surface area contributed by atoms with Gasteiger partial charge in [-0.05, 0) is 27.8 Å². The zero-order valence-corrected chi connectivity index (χ0v) is 8.68. The van der Waals surface area contributed by atoms with Crippen LogP contribution in [0.3, 0.4) is 0 Å². The van der Waals surface area contributed by atoms with Gasteiger partial charge < -0.3 is 15.2 Å². The van der Waals surface area contributed by atoms with Gasteiger partial charge in [-0.1, -0.05) is 0 Å². The fourth-order valence-electron chi connectivity index (χ4n) is 0.907. The lowest BCUT2D eigenvalue weighted by Crippen LogP contribution is -2.11. The van der Waals surface area contributed by atoms with E-state index in [1.807, 2.05) is 0 Å². The average molecular weight is 264 g/mol. The van der Waals surface area contributed by atoms with Gasteiger partial charge in [0.1, 0.15) is 4.47 Å². The smallest absolute Gasteiger partial charge is 0.404 e. The summed E-state index contributed by atoms with van der Waals surface area (Å²) < 4.78 is 1.27. The van der Waals surface area contributed by atoms with Gasteiger partial charge in [0.15, 0.2) is 6.54 Å². The Kier molecular flexibility index (Phi) is 2.84. The highest BCUT2D eigenvalue weighted by molar-refractivity contribution is 9.10. The molecule has 1 N–H and O–H groups in total. The van der Waals surface area contributed by atoms with Crippen molar-refractivity contribution in [1.82, 2.24) is 9.78 Å². The van der Waals surface area contributed by atoms with Gasteiger partial charge in [0.2, 0.25) is 0 Å². The molecule has 76 valence electrons. The van der Waals surface area contributed by atoms with E-state index in [4.69, 9.17) is 5.11 Å². The number of hydrogen-bond acceptors (Lipinski definition) is 4. The summed E-state index contributed by atoms with van der Waals surface area (Å²) in [7, 11) is 0. The first-order valence-electron chi connectivity index (χ1n) is 3.52. The summed E-state index contributed by atoms with van der Waals surface area (Å²) in [5, 5.41) is 22.4. The number of halogens is 1. The Morgan fingerprint density at radius 2 is 2.36 bits per heavy atom. The molecule has 0 fully saturated rings. The molecule has 0 saturated carbocycles. The number of hydrogen-bond donors (Lipinski definition) is 1. The molecule has 0 aliphatic heterocycles. The van der Waals surface area contributed by atoms with Gasteiger partial charge in [0.25, 0.3) is 0 Å². The second-order valence-electron chi connectivity index (χ2n) is 2.53. The van der Waals surface area contributed by atoms with Crippen molar-refractivity contribution in [1.29, 1.82) is 0 Å². The topological polar surface area (TPSA) is 98.3 Å². The Balaban J connectivity index is 3.15. The average Bonchev–Trinajstić information content (AvgIpc) is 2.32. The van der Waals surface area contributed by atoms with E-state index in [1.54, 1.807) is 6.92 Å². The van der Waals surface area contributed by atoms with Crippen LogP contribution < -0.4 is 0 Å². The first kappa shape index (κ1) is 10.6. The van der Waals surface area contributed by atoms with Crippen molar-refractivity contribution in [3.63, 3.8) is 0 Å². The highest BCUT2D eigenvalue weighted by Crippen LogP contribution is 2.26. The van der Waals surface area contributed by atoms with Crippen LogP contribution in [0.4, 0.5) is 5.82 Å². The van der Waals surface area contributed by atoms with Crippen molar-refractivity contribution in [2.75, 3.05) is 0 Å². The van der Waals surface area contributed by atoms with E-state index in [-0.39, 0.29) is 10.3 Å². The summed E-state index contributed by atoms with van der Waals surface area (Å²) >= 11 is 2.97. The van der Waals surface area contributed by atoms with E-state index in [9.17, 15) is 14.9 Å². The number of carbonyl (C=O) groups is 1. The molecule has 1 aromatic rings. The Labute approximate surface area is 86.6 Å². The zero-order valence-electron chi connectivity index (χ0n) is 7.10. The summed E-state index contributed by atoms with van der Waals surface area (Å²) in [5.41, 5.74) is 0.416. The van der Waals surface area contributed by atoms with Crippen molar-refractivity contribution in [2.24, 2.45) is 0 Å². The maximum atomic E-state index is 10.4. The van der Waals surface area contributed by atoms with Gasteiger partial charge in [0.05, 0.1) is 10.8 Å². The molecule has 0 bridgehead atoms. The largest absolute Gasteiger partial charge is 0.480 e. The molecule has 0 radical (unpaired) electrons. The molecular formula is C6H6BrN3O4. The molecule has 0 unspecified atom stereocenters. The van der Waals surface area contributed by atoms with Crippen LogP contribution in [0.1, 0.15) is 5.69 Å². The van der Waals surface area contributed by atoms with Crippen molar-refractivity contribution in [3.8, 4) is 0 Å². The summed E-state index contributed by atoms with van der Waals surface area (Å²) in [6.07, 6.45) is 0. The molecule has 0 aliphatic rings. The molecule has 1 heterocycles. The number of carboxylic acids is 1. The molecule has 1 rings (SSSR count). The number of aliphatic carboxylic acids is 1. The minimum Gasteiger partial charge on any atom is -0.480 e. The van der Waals surface area contributed by atoms with Gasteiger partial charge >= 0.3 is 11.8 Å². The Hall–Kier alpha value is -1.44. The first-order chi connectivity index (χ1) is 6.43. The Morgan fingerprint density at radius 1 is 1.79 bits per heavy atom. The van der Waals surface area contributed by atoms with E-state index in [0.29, 0.717) is 5.69 Å². The highest BCUT2D eigenvalue weighted by atomic mass is 79.9. The minimum atomic E-state index is -1.10. The molecule has 1 aromatic heterocycles. The number of rotatable bonds is 3. The van der Waals surface area contributed by atoms with E-state index in [0.717, 1.165) is 4.68 Å². The third kappa shape index (κ3) is 1.90. The van der Waals surface area contributed by atoms with E-state index >= 15 is 0 Å². The van der Waals surface area contributed by atoms with Gasteiger partial charge in [-0.25, -0.2) is 0 Å². The molecule has 0 amide bonds. The third-order valence-corrected chi connectivity index (χ3v) is 2.50. The Morgan fingerprint density at radius 3 is 2.71 bits per heavy atom. The summed E-state index contributed by atoms with van der Waals surface area (Å²) in [4.78, 5) is 20.1. The second kappa shape index (κ2) is 3.74. The van der Waals surface area contributed by atoms with Gasteiger partial charge in [-0.2, -0.15) is 4.68 Å². The standard InChI is InChI=1S/C6H6BrN3O4/c1-3-5(7)6(10(13)14)8-9(3)2-4(11)12/h2H2,1H3,(H,11,12). The summed E-state index contributed by atoms with van der Waals surface area (Å²) in [6.45, 7) is 1.16. The fourth-order valence-corrected chi connectivity index (χ4v) is 1.34. The minimum absolute atomic E-state index is 0.212. The van der Waals surface area contributed by atoms with Crippen LogP contribution in [-0.4, -0.2) is 25.8 Å². The van der Waals surface area contributed by atoms with Gasteiger partial charge in [-0.15, -0.1) is 0 Å². The van der Waals surface area contributed by atoms with Crippen LogP contribution in [0.2, 0.25) is 0 Å². The van der Waals surface area contributed by atoms with Gasteiger partial charge in [-0.3, -0.25) is 4.79 Å². The zero-order chi connectivity index (χ0) is 10.9. The number of aromatic nitrogens is 2. The van der Waals surface area contributed by atoms with Crippen LogP contribution in [0, 0.1) is 17.0 Å². The predicted molar refractivity (Wildman–Crippen MR) is 49.0 cm³/mol. The fraction of sp³-hybridized carbons (Fsp3) is 0.333. The molecule has 14 heavy (non-hydrogen) atoms. The normalized spacial score (nSPS) is 10.1. The number of nitro groups is 1. The summed E-state index contributed by atoms with van der Waals surface area (Å²) in [6, 6.07) is 0. The first-order valence-corrected chi connectivity index (χ1v) is 4.32. The number of carboxylic acid groups (broad SMARTS) is 1. The lowest BCUT2D eigenvalue weighted by Gasteiger charge is -1.92. The van der Waals surface area contributed by atoms with E-state index < -0.39 is 17.4 Å². The van der Waals surface area contributed by atoms with Crippen molar-refractivity contribution >= 4 is 27.7 Å². The molecular weight excluding hydrogens is 258 g/mol. The maximum absolute atomic E-state index is 10.4. The SMILES string of the molecule is Cc1c(Br)c([N+](=O)[O-])nn1CC(=O)O. The molecule has 0 saturated heterocycles. The quantitative estimate of drug-likeness (QED) is 0.647. The van der Waals surface area contributed by atoms with E-state index in [1.165, 1.54) is 0 Å². The number of nitrogens with zero attached hydrogens (tertiary/aromatic N) is 3. The molecule has 8 heteroatoms. The van der Waals surface area contributed by atoms with E-state index in [2.05, 4.69) is 21.0 Å². The maximum Gasteiger partial charge on any atom is 0.404 e. The Bertz CT molecular complexity index is 400. The van der Waals surface area contributed by atoms with Crippen molar-refractivity contribution < 1.29 is 14.8 Å². The molecule has 7 nitrogen and oxygen atoms in total. The van der Waals surface area contributed by atoms with Crippen LogP contribution in [0.15, 0.2) is 4.47 Å². The lowest BCUT2D eigenvalue weighted by atomic mass is 10.4. The van der Waals surface area contributed by atoms with Crippen LogP contribution in [0.25, 0.3) is 0 Å². The lowest BCUT2D eigenvalue weighted by molar-refractivity contribution is -0.390. The highest BCUT2D eigenvalue weighted by Gasteiger charge is 2.24. The molecule has 0 atom stereocenters. The van der Waals surface area contributed by atoms with Crippen LogP contribution in [-0.2, 0) is 11.3 Å². The monoisotopic (exact) mass is 263 g/mol. The van der Waals surface area contributed by atoms with Crippen molar-refractivity contribution in [3.05, 3.63) is 20.3 Å². The second-order valence-corrected chi connectivity index (χ2v) is 3.32. The molecule has 0 spiro atoms. The van der Waals surface area contributed by atoms with Crippen LogP contribution in [0.5, 0.6) is 0 Å². The van der Waals surface area contributed by atoms with Crippen LogP contribution >= 0.6 is 15.9 Å². The van der Waals surface area contributed by atoms with Gasteiger partial charge in [0, 0.05) is 0 Å². The third-order valence-electron chi connectivity index (χ3n) is 1.57. The molecule has 0 aliphatic carbocycles. The summed E-state index contributed by atoms with van der Waals surface area (Å²) in [5.74, 6) is -1.47. The molecule has 0 aromatic carbocycles. The van der Waals surface area contributed by atoms with Crippen molar-refractivity contribution in [2.45, 2.75) is 13.5 Å².